The maximum Gasteiger partial charge on any atom is 0.273 e. The van der Waals surface area contributed by atoms with Crippen molar-refractivity contribution in [2.24, 2.45) is 5.92 Å². The summed E-state index contributed by atoms with van der Waals surface area (Å²) in [6, 6.07) is 4.61. The third-order valence-electron chi connectivity index (χ3n) is 3.32. The van der Waals surface area contributed by atoms with Crippen LogP contribution in [0.1, 0.15) is 32.1 Å². The monoisotopic (exact) mass is 313 g/mol. The Morgan fingerprint density at radius 1 is 1.33 bits per heavy atom. The normalized spacial score (nSPS) is 16.5. The molecule has 0 bridgehead atoms. The fraction of sp³-hybridized carbons (Fsp3) is 0.538. The molecule has 1 fully saturated rings. The number of nitro benzene ring substituents is 1. The summed E-state index contributed by atoms with van der Waals surface area (Å²) in [4.78, 5) is 10.3. The lowest BCUT2D eigenvalue weighted by molar-refractivity contribution is -0.385. The fourth-order valence-electron chi connectivity index (χ4n) is 2.28. The topological polar surface area (TPSA) is 52.4 Å². The molecule has 1 saturated carbocycles. The van der Waals surface area contributed by atoms with Crippen LogP contribution < -0.4 is 4.74 Å². The molecule has 2 rings (SSSR count). The fourth-order valence-corrected chi connectivity index (χ4v) is 2.64. The van der Waals surface area contributed by atoms with Crippen LogP contribution in [0.5, 0.6) is 5.75 Å². The molecule has 1 aromatic rings. The van der Waals surface area contributed by atoms with Crippen LogP contribution in [0.25, 0.3) is 0 Å². The summed E-state index contributed by atoms with van der Waals surface area (Å²) in [7, 11) is 0. The molecule has 0 N–H and O–H groups in total. The van der Waals surface area contributed by atoms with Gasteiger partial charge in [0.15, 0.2) is 0 Å². The van der Waals surface area contributed by atoms with Gasteiger partial charge in [-0.1, -0.05) is 19.3 Å². The number of ether oxygens (including phenoxy) is 1. The average molecular weight is 314 g/mol. The molecule has 5 heteroatoms. The molecular formula is C13H16BrNO3. The van der Waals surface area contributed by atoms with E-state index in [9.17, 15) is 10.1 Å². The molecule has 0 atom stereocenters. The first-order chi connectivity index (χ1) is 8.66. The predicted molar refractivity (Wildman–Crippen MR) is 72.9 cm³/mol. The van der Waals surface area contributed by atoms with Crippen molar-refractivity contribution in [2.45, 2.75) is 32.1 Å². The number of non-ortho nitro benzene ring substituents is 1. The zero-order valence-corrected chi connectivity index (χ0v) is 11.7. The van der Waals surface area contributed by atoms with Crippen LogP contribution >= 0.6 is 15.9 Å². The van der Waals surface area contributed by atoms with E-state index in [0.29, 0.717) is 18.3 Å². The molecule has 1 aliphatic carbocycles. The van der Waals surface area contributed by atoms with E-state index in [0.717, 1.165) is 4.47 Å². The molecule has 0 unspecified atom stereocenters. The van der Waals surface area contributed by atoms with E-state index >= 15 is 0 Å². The first-order valence-electron chi connectivity index (χ1n) is 6.23. The van der Waals surface area contributed by atoms with Gasteiger partial charge in [-0.25, -0.2) is 0 Å². The molecule has 0 amide bonds. The highest BCUT2D eigenvalue weighted by molar-refractivity contribution is 9.10. The van der Waals surface area contributed by atoms with E-state index in [1.165, 1.54) is 44.2 Å². The van der Waals surface area contributed by atoms with Crippen LogP contribution in [-0.2, 0) is 0 Å². The minimum absolute atomic E-state index is 0.0665. The Balaban J connectivity index is 1.99. The molecule has 0 aromatic heterocycles. The van der Waals surface area contributed by atoms with Gasteiger partial charge in [0, 0.05) is 6.07 Å². The van der Waals surface area contributed by atoms with E-state index < -0.39 is 4.92 Å². The lowest BCUT2D eigenvalue weighted by Gasteiger charge is -2.21. The number of halogens is 1. The minimum atomic E-state index is -0.403. The van der Waals surface area contributed by atoms with Crippen LogP contribution in [0.4, 0.5) is 5.69 Å². The van der Waals surface area contributed by atoms with E-state index in [1.807, 2.05) is 0 Å². The van der Waals surface area contributed by atoms with Crippen LogP contribution in [0.3, 0.4) is 0 Å². The third kappa shape index (κ3) is 3.45. The number of hydrogen-bond acceptors (Lipinski definition) is 3. The van der Waals surface area contributed by atoms with Gasteiger partial charge in [0.1, 0.15) is 5.75 Å². The summed E-state index contributed by atoms with van der Waals surface area (Å²) >= 11 is 3.36. The largest absolute Gasteiger partial charge is 0.492 e. The molecule has 1 aromatic carbocycles. The van der Waals surface area contributed by atoms with Crippen molar-refractivity contribution in [1.29, 1.82) is 0 Å². The second-order valence-electron chi connectivity index (χ2n) is 4.69. The Labute approximate surface area is 115 Å². The summed E-state index contributed by atoms with van der Waals surface area (Å²) in [5, 5.41) is 10.7. The van der Waals surface area contributed by atoms with Crippen LogP contribution in [0.15, 0.2) is 22.7 Å². The highest BCUT2D eigenvalue weighted by atomic mass is 79.9. The number of benzene rings is 1. The summed E-state index contributed by atoms with van der Waals surface area (Å²) < 4.78 is 6.48. The first-order valence-corrected chi connectivity index (χ1v) is 7.03. The molecule has 0 saturated heterocycles. The SMILES string of the molecule is O=[N+]([O-])c1ccc(Br)c(OCC2CCCCC2)c1. The first kappa shape index (κ1) is 13.3. The quantitative estimate of drug-likeness (QED) is 0.614. The predicted octanol–water partition coefficient (Wildman–Crippen LogP) is 4.32. The van der Waals surface area contributed by atoms with Gasteiger partial charge >= 0.3 is 0 Å². The van der Waals surface area contributed by atoms with Gasteiger partial charge in [0.25, 0.3) is 5.69 Å². The molecule has 18 heavy (non-hydrogen) atoms. The zero-order valence-electron chi connectivity index (χ0n) is 10.1. The Hall–Kier alpha value is -1.10. The molecule has 0 aliphatic heterocycles. The van der Waals surface area contributed by atoms with E-state index in [-0.39, 0.29) is 5.69 Å². The van der Waals surface area contributed by atoms with Gasteiger partial charge in [-0.3, -0.25) is 10.1 Å². The molecular weight excluding hydrogens is 298 g/mol. The number of nitro groups is 1. The highest BCUT2D eigenvalue weighted by Crippen LogP contribution is 2.31. The second-order valence-corrected chi connectivity index (χ2v) is 5.54. The van der Waals surface area contributed by atoms with E-state index in [2.05, 4.69) is 15.9 Å². The van der Waals surface area contributed by atoms with Gasteiger partial charge in [-0.05, 0) is 40.8 Å². The van der Waals surface area contributed by atoms with Crippen LogP contribution in [0.2, 0.25) is 0 Å². The maximum absolute atomic E-state index is 10.7. The van der Waals surface area contributed by atoms with Gasteiger partial charge in [0.05, 0.1) is 22.1 Å². The average Bonchev–Trinajstić information content (AvgIpc) is 2.38. The van der Waals surface area contributed by atoms with Crippen molar-refractivity contribution in [3.8, 4) is 5.75 Å². The summed E-state index contributed by atoms with van der Waals surface area (Å²) in [5.41, 5.74) is 0.0665. The Morgan fingerprint density at radius 3 is 2.72 bits per heavy atom. The van der Waals surface area contributed by atoms with Crippen molar-refractivity contribution < 1.29 is 9.66 Å². The van der Waals surface area contributed by atoms with Gasteiger partial charge in [0.2, 0.25) is 0 Å². The minimum Gasteiger partial charge on any atom is -0.492 e. The van der Waals surface area contributed by atoms with Gasteiger partial charge in [-0.2, -0.15) is 0 Å². The van der Waals surface area contributed by atoms with Gasteiger partial charge in [-0.15, -0.1) is 0 Å². The lowest BCUT2D eigenvalue weighted by atomic mass is 9.90. The number of rotatable bonds is 4. The Kier molecular flexibility index (Phi) is 4.58. The number of hydrogen-bond donors (Lipinski definition) is 0. The standard InChI is InChI=1S/C13H16BrNO3/c14-12-7-6-11(15(16)17)8-13(12)18-9-10-4-2-1-3-5-10/h6-8,10H,1-5,9H2. The lowest BCUT2D eigenvalue weighted by Crippen LogP contribution is -2.15. The second kappa shape index (κ2) is 6.18. The summed E-state index contributed by atoms with van der Waals surface area (Å²) in [6.45, 7) is 0.653. The van der Waals surface area contributed by atoms with Gasteiger partial charge < -0.3 is 4.74 Å². The van der Waals surface area contributed by atoms with Crippen molar-refractivity contribution >= 4 is 21.6 Å². The van der Waals surface area contributed by atoms with E-state index in [4.69, 9.17) is 4.74 Å². The Bertz CT molecular complexity index is 430. The molecule has 0 radical (unpaired) electrons. The third-order valence-corrected chi connectivity index (χ3v) is 3.98. The van der Waals surface area contributed by atoms with Crippen molar-refractivity contribution in [1.82, 2.24) is 0 Å². The molecule has 0 spiro atoms. The Morgan fingerprint density at radius 2 is 2.06 bits per heavy atom. The molecule has 98 valence electrons. The highest BCUT2D eigenvalue weighted by Gasteiger charge is 2.16. The summed E-state index contributed by atoms with van der Waals surface area (Å²) in [6.07, 6.45) is 6.25. The van der Waals surface area contributed by atoms with Crippen molar-refractivity contribution in [3.05, 3.63) is 32.8 Å². The molecule has 4 nitrogen and oxygen atoms in total. The van der Waals surface area contributed by atoms with Crippen LogP contribution in [0, 0.1) is 16.0 Å². The van der Waals surface area contributed by atoms with Crippen LogP contribution in [-0.4, -0.2) is 11.5 Å². The molecule has 1 aliphatic rings. The van der Waals surface area contributed by atoms with Crippen molar-refractivity contribution in [2.75, 3.05) is 6.61 Å². The summed E-state index contributed by atoms with van der Waals surface area (Å²) in [5.74, 6) is 1.15. The zero-order chi connectivity index (χ0) is 13.0. The number of nitrogens with zero attached hydrogens (tertiary/aromatic N) is 1. The molecule has 0 heterocycles. The van der Waals surface area contributed by atoms with E-state index in [1.54, 1.807) is 6.07 Å². The smallest absolute Gasteiger partial charge is 0.273 e. The van der Waals surface area contributed by atoms with Crippen molar-refractivity contribution in [3.63, 3.8) is 0 Å². The maximum atomic E-state index is 10.7.